The van der Waals surface area contributed by atoms with Crippen molar-refractivity contribution in [3.8, 4) is 22.9 Å². The topological polar surface area (TPSA) is 110 Å². The van der Waals surface area contributed by atoms with Crippen molar-refractivity contribution in [1.29, 1.82) is 0 Å². The number of rotatable bonds is 5. The summed E-state index contributed by atoms with van der Waals surface area (Å²) in [4.78, 5) is 29.6. The second-order valence-corrected chi connectivity index (χ2v) is 6.79. The number of ether oxygens (including phenoxy) is 3. The summed E-state index contributed by atoms with van der Waals surface area (Å²) in [6.45, 7) is -0.0397. The zero-order chi connectivity index (χ0) is 21.4. The number of hydrogen-bond donors (Lipinski definition) is 1. The third-order valence-electron chi connectivity index (χ3n) is 4.84. The number of nitrogens with zero attached hydrogens (tertiary/aromatic N) is 4. The number of nitrogens with one attached hydrogen (secondary N) is 1. The van der Waals surface area contributed by atoms with Gasteiger partial charge in [-0.25, -0.2) is 9.67 Å². The van der Waals surface area contributed by atoms with Gasteiger partial charge < -0.3 is 19.5 Å². The Bertz CT molecular complexity index is 1340. The van der Waals surface area contributed by atoms with Crippen LogP contribution in [-0.2, 0) is 11.3 Å². The lowest BCUT2D eigenvalue weighted by molar-refractivity contribution is -0.116. The number of carbonyl (C=O) groups is 1. The van der Waals surface area contributed by atoms with Gasteiger partial charge in [0.05, 0.1) is 19.0 Å². The van der Waals surface area contributed by atoms with Gasteiger partial charge in [-0.2, -0.15) is 5.10 Å². The number of aromatic nitrogens is 4. The number of anilines is 1. The van der Waals surface area contributed by atoms with Crippen molar-refractivity contribution in [2.24, 2.45) is 0 Å². The summed E-state index contributed by atoms with van der Waals surface area (Å²) in [5.41, 5.74) is 1.33. The van der Waals surface area contributed by atoms with Crippen molar-refractivity contribution in [2.75, 3.05) is 19.2 Å². The van der Waals surface area contributed by atoms with Crippen LogP contribution in [0.5, 0.6) is 17.2 Å². The second-order valence-electron chi connectivity index (χ2n) is 6.79. The first kappa shape index (κ1) is 18.7. The normalized spacial score (nSPS) is 12.2. The van der Waals surface area contributed by atoms with E-state index < -0.39 is 0 Å². The predicted molar refractivity (Wildman–Crippen MR) is 111 cm³/mol. The van der Waals surface area contributed by atoms with Gasteiger partial charge in [-0.05, 0) is 36.4 Å². The summed E-state index contributed by atoms with van der Waals surface area (Å²) in [5.74, 6) is 1.52. The number of hydrogen-bond acceptors (Lipinski definition) is 7. The summed E-state index contributed by atoms with van der Waals surface area (Å²) >= 11 is 0. The van der Waals surface area contributed by atoms with Crippen molar-refractivity contribution in [2.45, 2.75) is 6.54 Å². The van der Waals surface area contributed by atoms with E-state index in [-0.39, 0.29) is 24.8 Å². The molecule has 31 heavy (non-hydrogen) atoms. The minimum Gasteiger partial charge on any atom is -0.497 e. The minimum absolute atomic E-state index is 0.151. The molecule has 1 N–H and O–H groups in total. The summed E-state index contributed by atoms with van der Waals surface area (Å²) in [6, 6.07) is 12.3. The van der Waals surface area contributed by atoms with Crippen LogP contribution in [0.4, 0.5) is 5.69 Å². The van der Waals surface area contributed by atoms with Crippen molar-refractivity contribution in [3.05, 3.63) is 65.3 Å². The van der Waals surface area contributed by atoms with E-state index in [0.29, 0.717) is 34.0 Å². The maximum Gasteiger partial charge on any atom is 0.264 e. The van der Waals surface area contributed by atoms with Gasteiger partial charge in [0.25, 0.3) is 5.56 Å². The number of carbonyl (C=O) groups excluding carboxylic acids is 1. The van der Waals surface area contributed by atoms with Crippen molar-refractivity contribution >= 4 is 22.6 Å². The maximum absolute atomic E-state index is 12.8. The summed E-state index contributed by atoms with van der Waals surface area (Å²) in [5, 5.41) is 7.33. The number of benzene rings is 2. The van der Waals surface area contributed by atoms with Gasteiger partial charge in [0.2, 0.25) is 12.7 Å². The van der Waals surface area contributed by atoms with Crippen LogP contribution in [0.15, 0.2) is 59.8 Å². The molecule has 10 heteroatoms. The number of amides is 1. The molecule has 2 aromatic carbocycles. The molecule has 5 rings (SSSR count). The molecule has 1 amide bonds. The predicted octanol–water partition coefficient (Wildman–Crippen LogP) is 1.96. The maximum atomic E-state index is 12.8. The van der Waals surface area contributed by atoms with E-state index in [0.717, 1.165) is 5.69 Å². The van der Waals surface area contributed by atoms with Gasteiger partial charge in [-0.1, -0.05) is 0 Å². The Kier molecular flexibility index (Phi) is 4.51. The standard InChI is InChI=1S/C21H17N5O5/c1-29-15-5-3-14(4-6-15)26-20-16(9-23-26)21(28)25(11-22-20)10-19(27)24-13-2-7-17-18(8-13)31-12-30-17/h2-9,11H,10,12H2,1H3,(H,24,27). The molecule has 1 aliphatic rings. The highest BCUT2D eigenvalue weighted by atomic mass is 16.7. The number of methoxy groups -OCH3 is 1. The largest absolute Gasteiger partial charge is 0.497 e. The van der Waals surface area contributed by atoms with E-state index in [1.165, 1.54) is 17.1 Å². The summed E-state index contributed by atoms with van der Waals surface area (Å²) in [7, 11) is 1.59. The number of fused-ring (bicyclic) bond motifs is 2. The smallest absolute Gasteiger partial charge is 0.264 e. The highest BCUT2D eigenvalue weighted by Gasteiger charge is 2.16. The molecule has 0 atom stereocenters. The molecule has 0 saturated heterocycles. The molecular weight excluding hydrogens is 402 g/mol. The molecule has 0 unspecified atom stereocenters. The molecule has 0 spiro atoms. The third kappa shape index (κ3) is 3.44. The van der Waals surface area contributed by atoms with Gasteiger partial charge >= 0.3 is 0 Å². The van der Waals surface area contributed by atoms with Gasteiger partial charge in [-0.3, -0.25) is 14.2 Å². The fraction of sp³-hybridized carbons (Fsp3) is 0.143. The second kappa shape index (κ2) is 7.48. The van der Waals surface area contributed by atoms with Crippen LogP contribution in [-0.4, -0.2) is 39.1 Å². The molecule has 10 nitrogen and oxygen atoms in total. The Morgan fingerprint density at radius 2 is 1.97 bits per heavy atom. The average Bonchev–Trinajstić information content (AvgIpc) is 3.43. The van der Waals surface area contributed by atoms with Gasteiger partial charge in [0, 0.05) is 11.8 Å². The molecule has 0 aliphatic carbocycles. The van der Waals surface area contributed by atoms with Crippen LogP contribution in [0.3, 0.4) is 0 Å². The van der Waals surface area contributed by atoms with Crippen molar-refractivity contribution in [3.63, 3.8) is 0 Å². The minimum atomic E-state index is -0.371. The van der Waals surface area contributed by atoms with Crippen molar-refractivity contribution < 1.29 is 19.0 Å². The fourth-order valence-electron chi connectivity index (χ4n) is 3.30. The van der Waals surface area contributed by atoms with E-state index in [1.807, 2.05) is 12.1 Å². The fourth-order valence-corrected chi connectivity index (χ4v) is 3.30. The molecule has 0 fully saturated rings. The van der Waals surface area contributed by atoms with E-state index in [1.54, 1.807) is 42.1 Å². The molecular formula is C21H17N5O5. The Balaban J connectivity index is 1.37. The highest BCUT2D eigenvalue weighted by molar-refractivity contribution is 5.91. The molecule has 2 aromatic heterocycles. The lowest BCUT2D eigenvalue weighted by atomic mass is 10.2. The van der Waals surface area contributed by atoms with Gasteiger partial charge in [-0.15, -0.1) is 0 Å². The summed E-state index contributed by atoms with van der Waals surface area (Å²) < 4.78 is 18.5. The van der Waals surface area contributed by atoms with Crippen LogP contribution in [0.2, 0.25) is 0 Å². The first-order chi connectivity index (χ1) is 15.1. The van der Waals surface area contributed by atoms with E-state index >= 15 is 0 Å². The quantitative estimate of drug-likeness (QED) is 0.527. The van der Waals surface area contributed by atoms with E-state index in [2.05, 4.69) is 15.4 Å². The zero-order valence-corrected chi connectivity index (χ0v) is 16.4. The Morgan fingerprint density at radius 1 is 1.16 bits per heavy atom. The Labute approximate surface area is 175 Å². The highest BCUT2D eigenvalue weighted by Crippen LogP contribution is 2.34. The van der Waals surface area contributed by atoms with E-state index in [4.69, 9.17) is 14.2 Å². The zero-order valence-electron chi connectivity index (χ0n) is 16.4. The lowest BCUT2D eigenvalue weighted by Crippen LogP contribution is -2.27. The van der Waals surface area contributed by atoms with Crippen molar-refractivity contribution in [1.82, 2.24) is 19.3 Å². The monoisotopic (exact) mass is 419 g/mol. The van der Waals surface area contributed by atoms with Crippen LogP contribution >= 0.6 is 0 Å². The Hall–Kier alpha value is -4.34. The lowest BCUT2D eigenvalue weighted by Gasteiger charge is -2.08. The first-order valence-electron chi connectivity index (χ1n) is 9.39. The molecule has 0 radical (unpaired) electrons. The third-order valence-corrected chi connectivity index (χ3v) is 4.84. The van der Waals surface area contributed by atoms with Gasteiger partial charge in [0.1, 0.15) is 24.0 Å². The van der Waals surface area contributed by atoms with Crippen LogP contribution in [0.1, 0.15) is 0 Å². The average molecular weight is 419 g/mol. The molecule has 0 bridgehead atoms. The molecule has 3 heterocycles. The summed E-state index contributed by atoms with van der Waals surface area (Å²) in [6.07, 6.45) is 2.78. The molecule has 4 aromatic rings. The van der Waals surface area contributed by atoms with Crippen LogP contribution < -0.4 is 25.1 Å². The molecule has 1 aliphatic heterocycles. The molecule has 0 saturated carbocycles. The Morgan fingerprint density at radius 3 is 2.77 bits per heavy atom. The first-order valence-corrected chi connectivity index (χ1v) is 9.39. The van der Waals surface area contributed by atoms with E-state index in [9.17, 15) is 9.59 Å². The van der Waals surface area contributed by atoms with Crippen LogP contribution in [0.25, 0.3) is 16.7 Å². The molecule has 156 valence electrons. The van der Waals surface area contributed by atoms with Gasteiger partial charge in [0.15, 0.2) is 17.1 Å². The SMILES string of the molecule is COc1ccc(-n2ncc3c(=O)n(CC(=O)Nc4ccc5c(c4)OCO5)cnc32)cc1. The van der Waals surface area contributed by atoms with Crippen LogP contribution in [0, 0.1) is 0 Å².